The monoisotopic (exact) mass is 459 g/mol. The van der Waals surface area contributed by atoms with Crippen molar-refractivity contribution in [3.63, 3.8) is 0 Å². The van der Waals surface area contributed by atoms with Crippen molar-refractivity contribution < 1.29 is 18.0 Å². The van der Waals surface area contributed by atoms with E-state index in [-0.39, 0.29) is 15.8 Å². The van der Waals surface area contributed by atoms with Gasteiger partial charge in [-0.3, -0.25) is 4.79 Å². The van der Waals surface area contributed by atoms with Gasteiger partial charge in [0.15, 0.2) is 5.78 Å². The Bertz CT molecular complexity index is 1150. The molecule has 29 heavy (non-hydrogen) atoms. The first kappa shape index (κ1) is 19.7. The molecule has 1 unspecified atom stereocenters. The van der Waals surface area contributed by atoms with E-state index < -0.39 is 17.7 Å². The minimum atomic E-state index is -4.51. The van der Waals surface area contributed by atoms with Crippen LogP contribution in [-0.4, -0.2) is 12.8 Å². The lowest BCUT2D eigenvalue weighted by Crippen LogP contribution is -2.11. The zero-order valence-corrected chi connectivity index (χ0v) is 17.1. The first-order valence-corrected chi connectivity index (χ1v) is 9.90. The van der Waals surface area contributed by atoms with Gasteiger partial charge in [0.1, 0.15) is 0 Å². The third-order valence-corrected chi connectivity index (χ3v) is 6.03. The Hall–Kier alpha value is -2.60. The molecule has 0 spiro atoms. The van der Waals surface area contributed by atoms with Crippen LogP contribution < -0.4 is 5.32 Å². The van der Waals surface area contributed by atoms with Gasteiger partial charge in [-0.05, 0) is 34.0 Å². The number of hydrogen-bond donors (Lipinski definition) is 1. The van der Waals surface area contributed by atoms with Crippen LogP contribution in [0.1, 0.15) is 29.0 Å². The summed E-state index contributed by atoms with van der Waals surface area (Å²) in [7, 11) is 1.69. The molecule has 0 fully saturated rings. The minimum absolute atomic E-state index is 0.0450. The van der Waals surface area contributed by atoms with Crippen LogP contribution >= 0.6 is 15.9 Å². The number of benzene rings is 3. The van der Waals surface area contributed by atoms with Crippen molar-refractivity contribution in [2.75, 3.05) is 7.05 Å². The Morgan fingerprint density at radius 1 is 1.03 bits per heavy atom. The van der Waals surface area contributed by atoms with E-state index in [0.717, 1.165) is 22.4 Å². The third kappa shape index (κ3) is 3.46. The Labute approximate surface area is 174 Å². The summed E-state index contributed by atoms with van der Waals surface area (Å²) in [6.45, 7) is 0. The first-order valence-electron chi connectivity index (χ1n) is 9.11. The molecule has 3 aromatic rings. The molecule has 1 N–H and O–H groups in total. The van der Waals surface area contributed by atoms with Gasteiger partial charge in [-0.25, -0.2) is 0 Å². The number of nitrogens with one attached hydrogen (secondary N) is 1. The van der Waals surface area contributed by atoms with Crippen molar-refractivity contribution in [3.8, 4) is 0 Å². The smallest absolute Gasteiger partial charge is 0.391 e. The molecule has 1 aliphatic carbocycles. The summed E-state index contributed by atoms with van der Waals surface area (Å²) in [5.74, 6) is -0.599. The molecule has 0 radical (unpaired) electrons. The molecule has 2 nitrogen and oxygen atoms in total. The maximum atomic E-state index is 13.4. The topological polar surface area (TPSA) is 29.1 Å². The van der Waals surface area contributed by atoms with Crippen molar-refractivity contribution in [1.29, 1.82) is 0 Å². The van der Waals surface area contributed by atoms with E-state index in [9.17, 15) is 18.0 Å². The standard InChI is InChI=1S/C23H17BrF3NO/c1-28-20-12-17(16-8-4-6-13-5-2-3-7-15(13)16)22(29)21(20)14-9-10-19(24)18(11-14)23(25,26)27/h2-11,17,28H,12H2,1H3. The number of fused-ring (bicyclic) bond motifs is 1. The zero-order valence-electron chi connectivity index (χ0n) is 15.5. The van der Waals surface area contributed by atoms with Crippen molar-refractivity contribution in [2.45, 2.75) is 18.5 Å². The van der Waals surface area contributed by atoms with Crippen LogP contribution in [0.4, 0.5) is 13.2 Å². The summed E-state index contributed by atoms with van der Waals surface area (Å²) in [6, 6.07) is 17.6. The summed E-state index contributed by atoms with van der Waals surface area (Å²) < 4.78 is 40.0. The Kier molecular flexibility index (Phi) is 4.99. The quantitative estimate of drug-likeness (QED) is 0.497. The SMILES string of the molecule is CNC1=C(c2ccc(Br)c(C(F)(F)F)c2)C(=O)C(c2cccc3ccccc23)C1. The van der Waals surface area contributed by atoms with Gasteiger partial charge in [-0.15, -0.1) is 0 Å². The van der Waals surface area contributed by atoms with Gasteiger partial charge in [0, 0.05) is 29.2 Å². The number of allylic oxidation sites excluding steroid dienone is 2. The lowest BCUT2D eigenvalue weighted by atomic mass is 9.89. The molecule has 1 aliphatic rings. The predicted molar refractivity (Wildman–Crippen MR) is 111 cm³/mol. The molecule has 6 heteroatoms. The first-order chi connectivity index (χ1) is 13.8. The number of carbonyl (C=O) groups is 1. The van der Waals surface area contributed by atoms with E-state index in [1.807, 2.05) is 42.5 Å². The van der Waals surface area contributed by atoms with E-state index in [1.165, 1.54) is 6.07 Å². The summed E-state index contributed by atoms with van der Waals surface area (Å²) in [5, 5.41) is 5.04. The molecule has 1 atom stereocenters. The number of carbonyl (C=O) groups excluding carboxylic acids is 1. The second-order valence-electron chi connectivity index (χ2n) is 6.99. The van der Waals surface area contributed by atoms with Gasteiger partial charge in [-0.2, -0.15) is 13.2 Å². The second kappa shape index (κ2) is 7.34. The Morgan fingerprint density at radius 2 is 1.76 bits per heavy atom. The fraction of sp³-hybridized carbons (Fsp3) is 0.174. The van der Waals surface area contributed by atoms with Crippen LogP contribution in [-0.2, 0) is 11.0 Å². The van der Waals surface area contributed by atoms with Crippen LogP contribution in [0.3, 0.4) is 0 Å². The average Bonchev–Trinajstić information content (AvgIpc) is 3.03. The van der Waals surface area contributed by atoms with Crippen LogP contribution in [0.15, 0.2) is 70.8 Å². The van der Waals surface area contributed by atoms with Crippen LogP contribution in [0, 0.1) is 0 Å². The molecule has 148 valence electrons. The fourth-order valence-corrected chi connectivity index (χ4v) is 4.44. The van der Waals surface area contributed by atoms with Gasteiger partial charge < -0.3 is 5.32 Å². The van der Waals surface area contributed by atoms with Gasteiger partial charge in [0.2, 0.25) is 0 Å². The number of Topliss-reactive ketones (excluding diaryl/α,β-unsaturated/α-hetero) is 1. The average molecular weight is 460 g/mol. The Balaban J connectivity index is 1.81. The third-order valence-electron chi connectivity index (χ3n) is 5.33. The molecular formula is C23H17BrF3NO. The summed E-state index contributed by atoms with van der Waals surface area (Å²) in [4.78, 5) is 13.4. The van der Waals surface area contributed by atoms with E-state index in [4.69, 9.17) is 0 Å². The number of alkyl halides is 3. The van der Waals surface area contributed by atoms with E-state index in [2.05, 4.69) is 21.2 Å². The Morgan fingerprint density at radius 3 is 2.48 bits per heavy atom. The molecule has 0 aliphatic heterocycles. The highest BCUT2D eigenvalue weighted by molar-refractivity contribution is 9.10. The number of rotatable bonds is 3. The molecule has 0 saturated heterocycles. The lowest BCUT2D eigenvalue weighted by Gasteiger charge is -2.14. The predicted octanol–water partition coefficient (Wildman–Crippen LogP) is 6.31. The van der Waals surface area contributed by atoms with Crippen molar-refractivity contribution >= 4 is 38.1 Å². The van der Waals surface area contributed by atoms with E-state index >= 15 is 0 Å². The fourth-order valence-electron chi connectivity index (χ4n) is 3.97. The maximum absolute atomic E-state index is 13.4. The number of halogens is 4. The molecule has 4 rings (SSSR count). The largest absolute Gasteiger partial charge is 0.417 e. The van der Waals surface area contributed by atoms with Gasteiger partial charge in [-0.1, -0.05) is 64.5 Å². The number of hydrogen-bond acceptors (Lipinski definition) is 2. The van der Waals surface area contributed by atoms with Gasteiger partial charge >= 0.3 is 6.18 Å². The van der Waals surface area contributed by atoms with E-state index in [0.29, 0.717) is 17.7 Å². The summed E-state index contributed by atoms with van der Waals surface area (Å²) in [5.41, 5.74) is 1.35. The maximum Gasteiger partial charge on any atom is 0.417 e. The van der Waals surface area contributed by atoms with Crippen molar-refractivity contribution in [2.24, 2.45) is 0 Å². The molecule has 0 bridgehead atoms. The molecular weight excluding hydrogens is 443 g/mol. The normalized spacial score (nSPS) is 17.3. The molecule has 0 aromatic heterocycles. The van der Waals surface area contributed by atoms with Crippen LogP contribution in [0.5, 0.6) is 0 Å². The molecule has 0 heterocycles. The zero-order chi connectivity index (χ0) is 20.8. The number of ketones is 1. The molecule has 0 saturated carbocycles. The highest BCUT2D eigenvalue weighted by Gasteiger charge is 2.38. The van der Waals surface area contributed by atoms with Gasteiger partial charge in [0.25, 0.3) is 0 Å². The summed E-state index contributed by atoms with van der Waals surface area (Å²) >= 11 is 2.96. The molecule has 0 amide bonds. The minimum Gasteiger partial charge on any atom is -0.391 e. The van der Waals surface area contributed by atoms with Crippen molar-refractivity contribution in [1.82, 2.24) is 5.32 Å². The van der Waals surface area contributed by atoms with E-state index in [1.54, 1.807) is 13.1 Å². The highest BCUT2D eigenvalue weighted by atomic mass is 79.9. The van der Waals surface area contributed by atoms with Gasteiger partial charge in [0.05, 0.1) is 11.5 Å². The van der Waals surface area contributed by atoms with Crippen molar-refractivity contribution in [3.05, 3.63) is 87.5 Å². The second-order valence-corrected chi connectivity index (χ2v) is 7.84. The summed E-state index contributed by atoms with van der Waals surface area (Å²) in [6.07, 6.45) is -4.08. The lowest BCUT2D eigenvalue weighted by molar-refractivity contribution is -0.138. The molecule has 3 aromatic carbocycles. The highest BCUT2D eigenvalue weighted by Crippen LogP contribution is 2.43. The van der Waals surface area contributed by atoms with Crippen LogP contribution in [0.2, 0.25) is 0 Å². The van der Waals surface area contributed by atoms with Crippen LogP contribution in [0.25, 0.3) is 16.3 Å².